The molecule has 0 aliphatic carbocycles. The van der Waals surface area contributed by atoms with Crippen molar-refractivity contribution >= 4 is 5.91 Å². The van der Waals surface area contributed by atoms with Gasteiger partial charge in [-0.15, -0.1) is 0 Å². The average Bonchev–Trinajstić information content (AvgIpc) is 2.30. The second kappa shape index (κ2) is 4.53. The highest BCUT2D eigenvalue weighted by Gasteiger charge is 2.18. The molecule has 4 heteroatoms. The molecule has 0 unspecified atom stereocenters. The van der Waals surface area contributed by atoms with Crippen LogP contribution in [-0.4, -0.2) is 24.1 Å². The van der Waals surface area contributed by atoms with Crippen LogP contribution >= 0.6 is 0 Å². The molecule has 86 valence electrons. The highest BCUT2D eigenvalue weighted by molar-refractivity contribution is 5.93. The first-order chi connectivity index (χ1) is 7.68. The van der Waals surface area contributed by atoms with Gasteiger partial charge in [0, 0.05) is 5.56 Å². The van der Waals surface area contributed by atoms with Crippen LogP contribution in [0.15, 0.2) is 18.2 Å². The Hall–Kier alpha value is -1.55. The van der Waals surface area contributed by atoms with Crippen LogP contribution in [0.4, 0.5) is 0 Å². The zero-order chi connectivity index (χ0) is 11.5. The number of nitrogens with one attached hydrogen (secondary N) is 1. The van der Waals surface area contributed by atoms with E-state index in [1.807, 2.05) is 6.07 Å². The van der Waals surface area contributed by atoms with Crippen LogP contribution in [0.2, 0.25) is 0 Å². The van der Waals surface area contributed by atoms with Gasteiger partial charge in [-0.25, -0.2) is 0 Å². The van der Waals surface area contributed by atoms with Crippen LogP contribution in [0.3, 0.4) is 0 Å². The number of carbonyl (C=O) groups is 1. The Morgan fingerprint density at radius 3 is 2.62 bits per heavy atom. The molecule has 0 bridgehead atoms. The fourth-order valence-corrected chi connectivity index (χ4v) is 2.18. The molecule has 1 aromatic rings. The minimum absolute atomic E-state index is 0.184. The largest absolute Gasteiger partial charge is 0.508 e. The zero-order valence-electron chi connectivity index (χ0n) is 9.07. The van der Waals surface area contributed by atoms with Gasteiger partial charge in [0.05, 0.1) is 0 Å². The maximum absolute atomic E-state index is 10.9. The van der Waals surface area contributed by atoms with Crippen LogP contribution in [0.5, 0.6) is 5.75 Å². The van der Waals surface area contributed by atoms with E-state index in [0.29, 0.717) is 11.5 Å². The van der Waals surface area contributed by atoms with E-state index in [0.717, 1.165) is 31.5 Å². The lowest BCUT2D eigenvalue weighted by Crippen LogP contribution is -2.26. The van der Waals surface area contributed by atoms with Crippen LogP contribution in [-0.2, 0) is 0 Å². The maximum Gasteiger partial charge on any atom is 0.248 e. The number of rotatable bonds is 2. The summed E-state index contributed by atoms with van der Waals surface area (Å²) < 4.78 is 0. The summed E-state index contributed by atoms with van der Waals surface area (Å²) in [5, 5.41) is 13.1. The van der Waals surface area contributed by atoms with Crippen molar-refractivity contribution in [3.05, 3.63) is 29.3 Å². The van der Waals surface area contributed by atoms with Gasteiger partial charge >= 0.3 is 0 Å². The molecule has 0 aromatic heterocycles. The average molecular weight is 220 g/mol. The van der Waals surface area contributed by atoms with Gasteiger partial charge < -0.3 is 16.2 Å². The Bertz CT molecular complexity index is 398. The Kier molecular flexibility index (Phi) is 3.10. The van der Waals surface area contributed by atoms with Crippen molar-refractivity contribution in [3.8, 4) is 5.75 Å². The highest BCUT2D eigenvalue weighted by Crippen LogP contribution is 2.32. The van der Waals surface area contributed by atoms with E-state index in [-0.39, 0.29) is 5.75 Å². The maximum atomic E-state index is 10.9. The normalized spacial score (nSPS) is 17.2. The van der Waals surface area contributed by atoms with Crippen LogP contribution in [0, 0.1) is 0 Å². The number of piperidine rings is 1. The molecule has 4 nitrogen and oxygen atoms in total. The van der Waals surface area contributed by atoms with Crippen molar-refractivity contribution < 1.29 is 9.90 Å². The second-order valence-electron chi connectivity index (χ2n) is 4.16. The minimum Gasteiger partial charge on any atom is -0.508 e. The number of primary amides is 1. The third-order valence-electron chi connectivity index (χ3n) is 3.09. The lowest BCUT2D eigenvalue weighted by molar-refractivity contribution is 0.1000. The molecule has 0 spiro atoms. The van der Waals surface area contributed by atoms with E-state index in [1.54, 1.807) is 6.07 Å². The SMILES string of the molecule is NC(=O)c1ccc(C2CCNCC2)c(O)c1. The summed E-state index contributed by atoms with van der Waals surface area (Å²) in [5.41, 5.74) is 6.43. The van der Waals surface area contributed by atoms with Crippen molar-refractivity contribution in [2.45, 2.75) is 18.8 Å². The van der Waals surface area contributed by atoms with E-state index in [9.17, 15) is 9.90 Å². The Balaban J connectivity index is 2.24. The number of nitrogens with two attached hydrogens (primary N) is 1. The third-order valence-corrected chi connectivity index (χ3v) is 3.09. The molecular weight excluding hydrogens is 204 g/mol. The predicted octanol–water partition coefficient (Wildman–Crippen LogP) is 0.958. The van der Waals surface area contributed by atoms with Crippen molar-refractivity contribution in [1.29, 1.82) is 0 Å². The molecule has 0 saturated carbocycles. The summed E-state index contributed by atoms with van der Waals surface area (Å²) in [6.07, 6.45) is 2.03. The van der Waals surface area contributed by atoms with E-state index in [2.05, 4.69) is 5.32 Å². The Morgan fingerprint density at radius 1 is 1.38 bits per heavy atom. The summed E-state index contributed by atoms with van der Waals surface area (Å²) in [7, 11) is 0. The van der Waals surface area contributed by atoms with Gasteiger partial charge in [-0.05, 0) is 49.5 Å². The molecule has 2 rings (SSSR count). The van der Waals surface area contributed by atoms with Crippen molar-refractivity contribution in [1.82, 2.24) is 5.32 Å². The summed E-state index contributed by atoms with van der Waals surface area (Å²) in [4.78, 5) is 10.9. The number of carbonyl (C=O) groups excluding carboxylic acids is 1. The van der Waals surface area contributed by atoms with E-state index >= 15 is 0 Å². The number of hydrogen-bond donors (Lipinski definition) is 3. The number of phenolic OH excluding ortho intramolecular Hbond substituents is 1. The second-order valence-corrected chi connectivity index (χ2v) is 4.16. The summed E-state index contributed by atoms with van der Waals surface area (Å²) >= 11 is 0. The van der Waals surface area contributed by atoms with Crippen LogP contribution in [0.1, 0.15) is 34.7 Å². The van der Waals surface area contributed by atoms with E-state index in [1.165, 1.54) is 6.07 Å². The standard InChI is InChI=1S/C12H16N2O2/c13-12(16)9-1-2-10(11(15)7-9)8-3-5-14-6-4-8/h1-2,7-8,14-15H,3-6H2,(H2,13,16). The monoisotopic (exact) mass is 220 g/mol. The first kappa shape index (κ1) is 11.0. The number of aromatic hydroxyl groups is 1. The van der Waals surface area contributed by atoms with E-state index < -0.39 is 5.91 Å². The van der Waals surface area contributed by atoms with Crippen molar-refractivity contribution in [2.24, 2.45) is 5.73 Å². The smallest absolute Gasteiger partial charge is 0.248 e. The summed E-state index contributed by atoms with van der Waals surface area (Å²) in [5.74, 6) is 0.0542. The minimum atomic E-state index is -0.507. The first-order valence-electron chi connectivity index (χ1n) is 5.52. The van der Waals surface area contributed by atoms with Crippen LogP contribution < -0.4 is 11.1 Å². The quantitative estimate of drug-likeness (QED) is 0.694. The van der Waals surface area contributed by atoms with Gasteiger partial charge in [-0.1, -0.05) is 6.07 Å². The van der Waals surface area contributed by atoms with Gasteiger partial charge in [0.1, 0.15) is 5.75 Å². The fourth-order valence-electron chi connectivity index (χ4n) is 2.18. The molecule has 1 amide bonds. The predicted molar refractivity (Wildman–Crippen MR) is 61.5 cm³/mol. The molecule has 1 fully saturated rings. The van der Waals surface area contributed by atoms with Gasteiger partial charge in [0.15, 0.2) is 0 Å². The molecule has 4 N–H and O–H groups in total. The Morgan fingerprint density at radius 2 is 2.06 bits per heavy atom. The highest BCUT2D eigenvalue weighted by atomic mass is 16.3. The Labute approximate surface area is 94.5 Å². The molecule has 1 saturated heterocycles. The number of hydrogen-bond acceptors (Lipinski definition) is 3. The van der Waals surface area contributed by atoms with Gasteiger partial charge in [0.2, 0.25) is 5.91 Å². The molecule has 1 heterocycles. The van der Waals surface area contributed by atoms with E-state index in [4.69, 9.17) is 5.73 Å². The number of benzene rings is 1. The molecule has 0 radical (unpaired) electrons. The molecular formula is C12H16N2O2. The van der Waals surface area contributed by atoms with Gasteiger partial charge in [-0.2, -0.15) is 0 Å². The van der Waals surface area contributed by atoms with Crippen molar-refractivity contribution in [2.75, 3.05) is 13.1 Å². The lowest BCUT2D eigenvalue weighted by atomic mass is 9.89. The lowest BCUT2D eigenvalue weighted by Gasteiger charge is -2.23. The molecule has 1 aromatic carbocycles. The zero-order valence-corrected chi connectivity index (χ0v) is 9.07. The van der Waals surface area contributed by atoms with Crippen LogP contribution in [0.25, 0.3) is 0 Å². The third kappa shape index (κ3) is 2.17. The number of phenols is 1. The topological polar surface area (TPSA) is 75.4 Å². The van der Waals surface area contributed by atoms with Gasteiger partial charge in [0.25, 0.3) is 0 Å². The molecule has 0 atom stereocenters. The molecule has 1 aliphatic rings. The van der Waals surface area contributed by atoms with Gasteiger partial charge in [-0.3, -0.25) is 4.79 Å². The number of amides is 1. The summed E-state index contributed by atoms with van der Waals surface area (Å²) in [6.45, 7) is 1.95. The first-order valence-corrected chi connectivity index (χ1v) is 5.52. The molecule has 1 aliphatic heterocycles. The summed E-state index contributed by atoms with van der Waals surface area (Å²) in [6, 6.07) is 4.95. The van der Waals surface area contributed by atoms with Crippen molar-refractivity contribution in [3.63, 3.8) is 0 Å². The molecule has 16 heavy (non-hydrogen) atoms. The fraction of sp³-hybridized carbons (Fsp3) is 0.417.